The molecule has 0 aromatic carbocycles. The minimum absolute atomic E-state index is 0.0450. The highest BCUT2D eigenvalue weighted by Crippen LogP contribution is 2.19. The monoisotopic (exact) mass is 261 g/mol. The zero-order chi connectivity index (χ0) is 10.7. The fraction of sp³-hybridized carbons (Fsp3) is 0.500. The maximum Gasteiger partial charge on any atom is 0.317 e. The molecule has 1 heterocycles. The number of aromatic nitrogens is 2. The molecule has 0 bridgehead atoms. The minimum atomic E-state index is -0.861. The van der Waals surface area contributed by atoms with E-state index in [4.69, 9.17) is 5.11 Å². The van der Waals surface area contributed by atoms with E-state index >= 15 is 0 Å². The number of aryl methyl sites for hydroxylation is 2. The number of halogens is 1. The fourth-order valence-corrected chi connectivity index (χ4v) is 1.64. The summed E-state index contributed by atoms with van der Waals surface area (Å²) in [6.07, 6.45) is 0. The van der Waals surface area contributed by atoms with Gasteiger partial charge in [0.1, 0.15) is 0 Å². The van der Waals surface area contributed by atoms with Crippen LogP contribution in [0.1, 0.15) is 11.4 Å². The topological polar surface area (TPSA) is 67.2 Å². The van der Waals surface area contributed by atoms with E-state index in [0.29, 0.717) is 6.54 Å². The quantitative estimate of drug-likeness (QED) is 0.836. The lowest BCUT2D eigenvalue weighted by atomic mass is 10.3. The van der Waals surface area contributed by atoms with E-state index in [9.17, 15) is 4.79 Å². The van der Waals surface area contributed by atoms with Gasteiger partial charge in [-0.3, -0.25) is 9.48 Å². The van der Waals surface area contributed by atoms with Crippen LogP contribution in [0.3, 0.4) is 0 Å². The van der Waals surface area contributed by atoms with Gasteiger partial charge in [-0.2, -0.15) is 5.10 Å². The smallest absolute Gasteiger partial charge is 0.317 e. The first-order valence-corrected chi connectivity index (χ1v) is 4.92. The summed E-state index contributed by atoms with van der Waals surface area (Å²) >= 11 is 3.40. The lowest BCUT2D eigenvalue weighted by molar-refractivity contribution is -0.136. The summed E-state index contributed by atoms with van der Waals surface area (Å²) in [5, 5.41) is 15.4. The van der Waals surface area contributed by atoms with Gasteiger partial charge in [-0.25, -0.2) is 0 Å². The number of nitrogens with zero attached hydrogens (tertiary/aromatic N) is 2. The van der Waals surface area contributed by atoms with Crippen LogP contribution < -0.4 is 5.32 Å². The third-order valence-electron chi connectivity index (χ3n) is 1.83. The number of aliphatic carboxylic acids is 1. The van der Waals surface area contributed by atoms with Gasteiger partial charge in [0.2, 0.25) is 0 Å². The largest absolute Gasteiger partial charge is 0.480 e. The summed E-state index contributed by atoms with van der Waals surface area (Å²) in [6, 6.07) is 0. The highest BCUT2D eigenvalue weighted by molar-refractivity contribution is 9.10. The first-order chi connectivity index (χ1) is 6.52. The predicted octanol–water partition coefficient (Wildman–Crippen LogP) is 0.665. The molecule has 0 spiro atoms. The van der Waals surface area contributed by atoms with Gasteiger partial charge in [0, 0.05) is 13.6 Å². The molecule has 0 amide bonds. The molecule has 78 valence electrons. The van der Waals surface area contributed by atoms with E-state index in [2.05, 4.69) is 26.3 Å². The van der Waals surface area contributed by atoms with E-state index in [-0.39, 0.29) is 6.54 Å². The van der Waals surface area contributed by atoms with Crippen molar-refractivity contribution in [3.05, 3.63) is 15.9 Å². The average molecular weight is 262 g/mol. The van der Waals surface area contributed by atoms with E-state index in [1.807, 2.05) is 14.0 Å². The highest BCUT2D eigenvalue weighted by atomic mass is 79.9. The number of hydrogen-bond donors (Lipinski definition) is 2. The molecular weight excluding hydrogens is 250 g/mol. The van der Waals surface area contributed by atoms with E-state index < -0.39 is 5.97 Å². The van der Waals surface area contributed by atoms with Crippen LogP contribution in [0.2, 0.25) is 0 Å². The third kappa shape index (κ3) is 2.55. The van der Waals surface area contributed by atoms with Crippen molar-refractivity contribution < 1.29 is 9.90 Å². The van der Waals surface area contributed by atoms with Gasteiger partial charge in [-0.1, -0.05) is 0 Å². The molecule has 1 aromatic heterocycles. The summed E-state index contributed by atoms with van der Waals surface area (Å²) in [4.78, 5) is 10.3. The maximum absolute atomic E-state index is 10.3. The molecule has 0 radical (unpaired) electrons. The Labute approximate surface area is 90.2 Å². The molecular formula is C8H12BrN3O2. The third-order valence-corrected chi connectivity index (χ3v) is 2.86. The normalized spacial score (nSPS) is 10.5. The lowest BCUT2D eigenvalue weighted by Gasteiger charge is -2.02. The molecule has 0 unspecified atom stereocenters. The number of hydrogen-bond acceptors (Lipinski definition) is 3. The molecule has 0 fully saturated rings. The molecule has 0 aliphatic rings. The number of nitrogens with one attached hydrogen (secondary N) is 1. The van der Waals surface area contributed by atoms with Crippen molar-refractivity contribution in [3.8, 4) is 0 Å². The Morgan fingerprint density at radius 3 is 2.79 bits per heavy atom. The molecule has 14 heavy (non-hydrogen) atoms. The Morgan fingerprint density at radius 2 is 2.36 bits per heavy atom. The Morgan fingerprint density at radius 1 is 1.71 bits per heavy atom. The van der Waals surface area contributed by atoms with E-state index in [1.54, 1.807) is 4.68 Å². The summed E-state index contributed by atoms with van der Waals surface area (Å²) in [7, 11) is 1.83. The van der Waals surface area contributed by atoms with Crippen LogP contribution in [0.4, 0.5) is 0 Å². The number of carboxylic acids is 1. The fourth-order valence-electron chi connectivity index (χ4n) is 1.16. The summed E-state index contributed by atoms with van der Waals surface area (Å²) in [5.41, 5.74) is 1.85. The van der Waals surface area contributed by atoms with Crippen molar-refractivity contribution in [2.75, 3.05) is 6.54 Å². The van der Waals surface area contributed by atoms with Crippen molar-refractivity contribution in [2.24, 2.45) is 7.05 Å². The Bertz CT molecular complexity index is 349. The van der Waals surface area contributed by atoms with Crippen molar-refractivity contribution in [3.63, 3.8) is 0 Å². The summed E-state index contributed by atoms with van der Waals surface area (Å²) in [5.74, 6) is -0.861. The molecule has 0 atom stereocenters. The van der Waals surface area contributed by atoms with Gasteiger partial charge in [0.05, 0.1) is 22.4 Å². The van der Waals surface area contributed by atoms with Crippen LogP contribution in [0.15, 0.2) is 4.47 Å². The highest BCUT2D eigenvalue weighted by Gasteiger charge is 2.09. The van der Waals surface area contributed by atoms with E-state index in [0.717, 1.165) is 15.9 Å². The molecule has 0 saturated carbocycles. The summed E-state index contributed by atoms with van der Waals surface area (Å²) in [6.45, 7) is 2.34. The van der Waals surface area contributed by atoms with Gasteiger partial charge >= 0.3 is 5.97 Å². The Balaban J connectivity index is 2.62. The van der Waals surface area contributed by atoms with Crippen LogP contribution in [0.5, 0.6) is 0 Å². The lowest BCUT2D eigenvalue weighted by Crippen LogP contribution is -2.23. The first-order valence-electron chi connectivity index (χ1n) is 4.13. The van der Waals surface area contributed by atoms with Crippen molar-refractivity contribution in [1.82, 2.24) is 15.1 Å². The second kappa shape index (κ2) is 4.56. The van der Waals surface area contributed by atoms with Gasteiger partial charge in [-0.05, 0) is 22.9 Å². The van der Waals surface area contributed by atoms with Gasteiger partial charge in [0.15, 0.2) is 0 Å². The van der Waals surface area contributed by atoms with Gasteiger partial charge < -0.3 is 10.4 Å². The van der Waals surface area contributed by atoms with Crippen LogP contribution in [0, 0.1) is 6.92 Å². The van der Waals surface area contributed by atoms with Gasteiger partial charge in [-0.15, -0.1) is 0 Å². The molecule has 0 saturated heterocycles. The maximum atomic E-state index is 10.3. The first kappa shape index (κ1) is 11.2. The molecule has 0 aliphatic carbocycles. The molecule has 5 nitrogen and oxygen atoms in total. The Kier molecular flexibility index (Phi) is 3.65. The molecule has 2 N–H and O–H groups in total. The minimum Gasteiger partial charge on any atom is -0.480 e. The average Bonchev–Trinajstić information content (AvgIpc) is 2.31. The molecule has 0 aliphatic heterocycles. The van der Waals surface area contributed by atoms with Crippen LogP contribution in [0.25, 0.3) is 0 Å². The molecule has 1 aromatic rings. The number of rotatable bonds is 4. The predicted molar refractivity (Wildman–Crippen MR) is 55.0 cm³/mol. The Hall–Kier alpha value is -0.880. The SMILES string of the molecule is Cc1nn(C)c(CNCC(=O)O)c1Br. The van der Waals surface area contributed by atoms with E-state index in [1.165, 1.54) is 0 Å². The number of carbonyl (C=O) groups is 1. The summed E-state index contributed by atoms with van der Waals surface area (Å²) < 4.78 is 2.66. The number of carboxylic acid groups (broad SMARTS) is 1. The van der Waals surface area contributed by atoms with Crippen molar-refractivity contribution >= 4 is 21.9 Å². The second-order valence-corrected chi connectivity index (χ2v) is 3.76. The van der Waals surface area contributed by atoms with Crippen LogP contribution in [-0.4, -0.2) is 27.4 Å². The van der Waals surface area contributed by atoms with Crippen LogP contribution in [-0.2, 0) is 18.4 Å². The van der Waals surface area contributed by atoms with Gasteiger partial charge in [0.25, 0.3) is 0 Å². The molecule has 1 rings (SSSR count). The van der Waals surface area contributed by atoms with Crippen molar-refractivity contribution in [1.29, 1.82) is 0 Å². The van der Waals surface area contributed by atoms with Crippen molar-refractivity contribution in [2.45, 2.75) is 13.5 Å². The van der Waals surface area contributed by atoms with Crippen LogP contribution >= 0.6 is 15.9 Å². The zero-order valence-corrected chi connectivity index (χ0v) is 9.63. The second-order valence-electron chi connectivity index (χ2n) is 2.97. The molecule has 6 heteroatoms. The zero-order valence-electron chi connectivity index (χ0n) is 8.04. The standard InChI is InChI=1S/C8H12BrN3O2/c1-5-8(9)6(12(2)11-5)3-10-4-7(13)14/h10H,3-4H2,1-2H3,(H,13,14).